The number of anilines is 1. The normalized spacial score (nSPS) is 10.1. The smallest absolute Gasteiger partial charge is 0.234 e. The van der Waals surface area contributed by atoms with Crippen LogP contribution in [0, 0.1) is 6.92 Å². The Balaban J connectivity index is 2.26. The van der Waals surface area contributed by atoms with Gasteiger partial charge >= 0.3 is 0 Å². The van der Waals surface area contributed by atoms with Gasteiger partial charge in [0.2, 0.25) is 5.91 Å². The summed E-state index contributed by atoms with van der Waals surface area (Å²) < 4.78 is 0. The maximum absolute atomic E-state index is 11.5. The van der Waals surface area contributed by atoms with Crippen molar-refractivity contribution >= 4 is 23.4 Å². The van der Waals surface area contributed by atoms with Crippen LogP contribution in [0.2, 0.25) is 0 Å². The van der Waals surface area contributed by atoms with Crippen molar-refractivity contribution in [1.82, 2.24) is 0 Å². The van der Waals surface area contributed by atoms with Gasteiger partial charge in [-0.05, 0) is 37.8 Å². The lowest BCUT2D eigenvalue weighted by Crippen LogP contribution is -2.14. The van der Waals surface area contributed by atoms with Gasteiger partial charge in [0, 0.05) is 5.69 Å². The van der Waals surface area contributed by atoms with E-state index in [0.717, 1.165) is 17.9 Å². The van der Waals surface area contributed by atoms with E-state index in [0.29, 0.717) is 12.3 Å². The number of nitrogens with one attached hydrogen (secondary N) is 1. The molecule has 0 saturated heterocycles. The molecule has 0 unspecified atom stereocenters. The van der Waals surface area contributed by atoms with Crippen molar-refractivity contribution in [2.75, 3.05) is 23.4 Å². The van der Waals surface area contributed by atoms with Crippen LogP contribution < -0.4 is 11.1 Å². The topological polar surface area (TPSA) is 55.1 Å². The third-order valence-corrected chi connectivity index (χ3v) is 3.10. The highest BCUT2D eigenvalue weighted by Crippen LogP contribution is 2.09. The molecule has 3 nitrogen and oxygen atoms in total. The van der Waals surface area contributed by atoms with E-state index in [1.165, 1.54) is 5.56 Å². The van der Waals surface area contributed by atoms with Crippen LogP contribution in [0.1, 0.15) is 12.0 Å². The van der Waals surface area contributed by atoms with Crippen molar-refractivity contribution in [3.63, 3.8) is 0 Å². The monoisotopic (exact) mass is 238 g/mol. The molecule has 3 N–H and O–H groups in total. The molecule has 88 valence electrons. The van der Waals surface area contributed by atoms with Crippen LogP contribution in [-0.2, 0) is 4.79 Å². The summed E-state index contributed by atoms with van der Waals surface area (Å²) in [5, 5.41) is 2.86. The Bertz CT molecular complexity index is 324. The first-order chi connectivity index (χ1) is 7.72. The largest absolute Gasteiger partial charge is 0.330 e. The molecule has 0 fully saturated rings. The van der Waals surface area contributed by atoms with Gasteiger partial charge in [0.05, 0.1) is 5.75 Å². The van der Waals surface area contributed by atoms with Crippen LogP contribution in [0.4, 0.5) is 5.69 Å². The SMILES string of the molecule is Cc1ccc(NC(=O)CSCCCN)cc1. The molecule has 0 aliphatic carbocycles. The third-order valence-electron chi connectivity index (χ3n) is 2.06. The van der Waals surface area contributed by atoms with E-state index in [-0.39, 0.29) is 5.91 Å². The standard InChI is InChI=1S/C12H18N2OS/c1-10-3-5-11(6-4-10)14-12(15)9-16-8-2-7-13/h3-6H,2,7-9,13H2,1H3,(H,14,15). The molecule has 0 aliphatic rings. The average molecular weight is 238 g/mol. The number of amides is 1. The number of nitrogens with two attached hydrogens (primary N) is 1. The Labute approximate surface area is 101 Å². The van der Waals surface area contributed by atoms with Gasteiger partial charge in [0.25, 0.3) is 0 Å². The molecule has 16 heavy (non-hydrogen) atoms. The average Bonchev–Trinajstić information content (AvgIpc) is 2.28. The van der Waals surface area contributed by atoms with Crippen molar-refractivity contribution in [3.8, 4) is 0 Å². The molecule has 1 rings (SSSR count). The summed E-state index contributed by atoms with van der Waals surface area (Å²) >= 11 is 1.62. The van der Waals surface area contributed by atoms with Crippen LogP contribution in [0.25, 0.3) is 0 Å². The van der Waals surface area contributed by atoms with Crippen LogP contribution in [0.15, 0.2) is 24.3 Å². The molecule has 0 aliphatic heterocycles. The second-order valence-corrected chi connectivity index (χ2v) is 4.71. The van der Waals surface area contributed by atoms with E-state index < -0.39 is 0 Å². The minimum atomic E-state index is 0.0471. The van der Waals surface area contributed by atoms with Crippen LogP contribution in [0.3, 0.4) is 0 Å². The molecule has 0 heterocycles. The fraction of sp³-hybridized carbons (Fsp3) is 0.417. The lowest BCUT2D eigenvalue weighted by molar-refractivity contribution is -0.113. The number of carbonyl (C=O) groups is 1. The number of carbonyl (C=O) groups excluding carboxylic acids is 1. The Morgan fingerprint density at radius 2 is 2.06 bits per heavy atom. The zero-order valence-electron chi connectivity index (χ0n) is 9.53. The van der Waals surface area contributed by atoms with Gasteiger partial charge in [0.15, 0.2) is 0 Å². The van der Waals surface area contributed by atoms with E-state index >= 15 is 0 Å². The molecule has 0 saturated carbocycles. The summed E-state index contributed by atoms with van der Waals surface area (Å²) in [6.45, 7) is 2.71. The Kier molecular flexibility index (Phi) is 5.96. The van der Waals surface area contributed by atoms with E-state index in [1.54, 1.807) is 11.8 Å². The van der Waals surface area contributed by atoms with E-state index in [4.69, 9.17) is 5.73 Å². The fourth-order valence-electron chi connectivity index (χ4n) is 1.18. The van der Waals surface area contributed by atoms with Crippen molar-refractivity contribution < 1.29 is 4.79 Å². The molecule has 1 amide bonds. The van der Waals surface area contributed by atoms with Gasteiger partial charge in [-0.3, -0.25) is 4.79 Å². The highest BCUT2D eigenvalue weighted by Gasteiger charge is 2.01. The zero-order chi connectivity index (χ0) is 11.8. The molecular formula is C12H18N2OS. The maximum Gasteiger partial charge on any atom is 0.234 e. The Hall–Kier alpha value is -1.00. The highest BCUT2D eigenvalue weighted by atomic mass is 32.2. The van der Waals surface area contributed by atoms with Crippen molar-refractivity contribution in [2.45, 2.75) is 13.3 Å². The number of thioether (sulfide) groups is 1. The van der Waals surface area contributed by atoms with Crippen molar-refractivity contribution in [2.24, 2.45) is 5.73 Å². The molecule has 1 aromatic rings. The Morgan fingerprint density at radius 1 is 1.38 bits per heavy atom. The van der Waals surface area contributed by atoms with Gasteiger partial charge in [-0.1, -0.05) is 17.7 Å². The van der Waals surface area contributed by atoms with Gasteiger partial charge in [-0.15, -0.1) is 0 Å². The number of aryl methyl sites for hydroxylation is 1. The first-order valence-corrected chi connectivity index (χ1v) is 6.52. The molecule has 0 aromatic heterocycles. The van der Waals surface area contributed by atoms with E-state index in [9.17, 15) is 4.79 Å². The molecule has 1 aromatic carbocycles. The number of rotatable bonds is 6. The van der Waals surface area contributed by atoms with Gasteiger partial charge < -0.3 is 11.1 Å². The summed E-state index contributed by atoms with van der Waals surface area (Å²) in [6, 6.07) is 7.80. The predicted octanol–water partition coefficient (Wildman–Crippen LogP) is 2.02. The molecule has 0 radical (unpaired) electrons. The van der Waals surface area contributed by atoms with E-state index in [2.05, 4.69) is 5.32 Å². The van der Waals surface area contributed by atoms with Gasteiger partial charge in [-0.2, -0.15) is 11.8 Å². The minimum absolute atomic E-state index is 0.0471. The first-order valence-electron chi connectivity index (χ1n) is 5.36. The molecule has 0 spiro atoms. The maximum atomic E-state index is 11.5. The van der Waals surface area contributed by atoms with Gasteiger partial charge in [-0.25, -0.2) is 0 Å². The lowest BCUT2D eigenvalue weighted by Gasteiger charge is -2.05. The third kappa shape index (κ3) is 5.19. The summed E-state index contributed by atoms with van der Waals surface area (Å²) in [5.74, 6) is 1.48. The van der Waals surface area contributed by atoms with E-state index in [1.807, 2.05) is 31.2 Å². The quantitative estimate of drug-likeness (QED) is 0.745. The summed E-state index contributed by atoms with van der Waals surface area (Å²) in [7, 11) is 0. The summed E-state index contributed by atoms with van der Waals surface area (Å²) in [6.07, 6.45) is 0.961. The summed E-state index contributed by atoms with van der Waals surface area (Å²) in [5.41, 5.74) is 7.42. The first kappa shape index (κ1) is 13.1. The van der Waals surface area contributed by atoms with Crippen LogP contribution in [-0.4, -0.2) is 24.0 Å². The number of hydrogen-bond donors (Lipinski definition) is 2. The van der Waals surface area contributed by atoms with Crippen molar-refractivity contribution in [1.29, 1.82) is 0 Å². The number of benzene rings is 1. The second kappa shape index (κ2) is 7.30. The molecule has 4 heteroatoms. The second-order valence-electron chi connectivity index (χ2n) is 3.61. The molecule has 0 bridgehead atoms. The predicted molar refractivity (Wildman–Crippen MR) is 70.8 cm³/mol. The molecule has 0 atom stereocenters. The van der Waals surface area contributed by atoms with Crippen LogP contribution in [0.5, 0.6) is 0 Å². The highest BCUT2D eigenvalue weighted by molar-refractivity contribution is 7.99. The number of hydrogen-bond acceptors (Lipinski definition) is 3. The van der Waals surface area contributed by atoms with Gasteiger partial charge in [0.1, 0.15) is 0 Å². The fourth-order valence-corrected chi connectivity index (χ4v) is 1.96. The van der Waals surface area contributed by atoms with Crippen LogP contribution >= 0.6 is 11.8 Å². The Morgan fingerprint density at radius 3 is 2.69 bits per heavy atom. The van der Waals surface area contributed by atoms with Crippen molar-refractivity contribution in [3.05, 3.63) is 29.8 Å². The zero-order valence-corrected chi connectivity index (χ0v) is 10.3. The summed E-state index contributed by atoms with van der Waals surface area (Å²) in [4.78, 5) is 11.5. The minimum Gasteiger partial charge on any atom is -0.330 e. The lowest BCUT2D eigenvalue weighted by atomic mass is 10.2. The molecular weight excluding hydrogens is 220 g/mol.